The Morgan fingerprint density at radius 1 is 1.10 bits per heavy atom. The minimum Gasteiger partial charge on any atom is -0.372 e. The summed E-state index contributed by atoms with van der Waals surface area (Å²) in [6.07, 6.45) is 6.65. The number of hydrogen-bond acceptors (Lipinski definition) is 6. The lowest BCUT2D eigenvalue weighted by Gasteiger charge is -2.33. The summed E-state index contributed by atoms with van der Waals surface area (Å²) in [7, 11) is 2.07. The molecule has 0 bridgehead atoms. The van der Waals surface area contributed by atoms with Gasteiger partial charge in [-0.1, -0.05) is 6.58 Å². The molecule has 1 aliphatic heterocycles. The molecule has 3 aromatic heterocycles. The van der Waals surface area contributed by atoms with Gasteiger partial charge in [0.1, 0.15) is 11.6 Å². The third-order valence-electron chi connectivity index (χ3n) is 5.17. The van der Waals surface area contributed by atoms with Gasteiger partial charge in [-0.15, -0.1) is 0 Å². The average molecular weight is 404 g/mol. The minimum absolute atomic E-state index is 0.395. The number of nitrogens with zero attached hydrogens (tertiary/aromatic N) is 5. The van der Waals surface area contributed by atoms with Gasteiger partial charge in [-0.05, 0) is 44.0 Å². The summed E-state index contributed by atoms with van der Waals surface area (Å²) in [4.78, 5) is 17.6. The van der Waals surface area contributed by atoms with Crippen LogP contribution in [0.5, 0.6) is 0 Å². The minimum atomic E-state index is -0.395. The van der Waals surface area contributed by atoms with Crippen molar-refractivity contribution in [3.63, 3.8) is 0 Å². The van der Waals surface area contributed by atoms with Crippen LogP contribution in [0.1, 0.15) is 18.5 Å². The summed E-state index contributed by atoms with van der Waals surface area (Å²) in [6, 6.07) is 9.52. The number of hydrogen-bond donors (Lipinski definition) is 1. The Balaban J connectivity index is 1.72. The summed E-state index contributed by atoms with van der Waals surface area (Å²) in [5, 5.41) is 3.18. The number of rotatable bonds is 4. The first-order valence-electron chi connectivity index (χ1n) is 10.0. The molecule has 0 aromatic carbocycles. The van der Waals surface area contributed by atoms with Crippen molar-refractivity contribution in [2.24, 2.45) is 0 Å². The lowest BCUT2D eigenvalue weighted by molar-refractivity contribution is 0.622. The number of fused-ring (bicyclic) bond motifs is 1. The van der Waals surface area contributed by atoms with Gasteiger partial charge in [-0.2, -0.15) is 0 Å². The maximum Gasteiger partial charge on any atom is 0.158 e. The van der Waals surface area contributed by atoms with Crippen molar-refractivity contribution >= 4 is 17.2 Å². The highest BCUT2D eigenvalue weighted by atomic mass is 19.1. The number of anilines is 3. The van der Waals surface area contributed by atoms with Crippen LogP contribution in [0.3, 0.4) is 0 Å². The Bertz CT molecular complexity index is 1050. The molecule has 0 unspecified atom stereocenters. The third kappa shape index (κ3) is 4.25. The first-order chi connectivity index (χ1) is 14.5. The van der Waals surface area contributed by atoms with E-state index in [2.05, 4.69) is 44.8 Å². The molecule has 0 saturated heterocycles. The maximum absolute atomic E-state index is 13.6. The largest absolute Gasteiger partial charge is 0.372 e. The fourth-order valence-corrected chi connectivity index (χ4v) is 3.54. The molecule has 0 aliphatic carbocycles. The van der Waals surface area contributed by atoms with Crippen molar-refractivity contribution in [1.29, 1.82) is 0 Å². The summed E-state index contributed by atoms with van der Waals surface area (Å²) in [5.41, 5.74) is 4.35. The molecule has 154 valence electrons. The van der Waals surface area contributed by atoms with Gasteiger partial charge in [0, 0.05) is 43.7 Å². The molecule has 0 atom stereocenters. The summed E-state index contributed by atoms with van der Waals surface area (Å²) in [6.45, 7) is 7.89. The molecule has 0 fully saturated rings. The van der Waals surface area contributed by atoms with Gasteiger partial charge in [0.2, 0.25) is 0 Å². The van der Waals surface area contributed by atoms with Crippen LogP contribution in [0.15, 0.2) is 61.3 Å². The van der Waals surface area contributed by atoms with E-state index in [9.17, 15) is 4.39 Å². The molecule has 4 heterocycles. The monoisotopic (exact) mass is 404 g/mol. The molecular weight excluding hydrogens is 379 g/mol. The average Bonchev–Trinajstić information content (AvgIpc) is 2.72. The third-order valence-corrected chi connectivity index (χ3v) is 5.17. The van der Waals surface area contributed by atoms with Gasteiger partial charge in [0.05, 0.1) is 29.5 Å². The molecule has 0 amide bonds. The quantitative estimate of drug-likeness (QED) is 0.686. The molecular formula is C23H25FN6. The molecule has 30 heavy (non-hydrogen) atoms. The Hall–Kier alpha value is -3.48. The van der Waals surface area contributed by atoms with Gasteiger partial charge in [0.25, 0.3) is 0 Å². The van der Waals surface area contributed by atoms with Crippen LogP contribution in [-0.2, 0) is 0 Å². The van der Waals surface area contributed by atoms with E-state index in [4.69, 9.17) is 4.98 Å². The van der Waals surface area contributed by atoms with Crippen molar-refractivity contribution in [1.82, 2.24) is 15.0 Å². The molecule has 3 aromatic rings. The fraction of sp³-hybridized carbons (Fsp3) is 0.261. The van der Waals surface area contributed by atoms with Gasteiger partial charge >= 0.3 is 0 Å². The molecule has 4 rings (SSSR count). The van der Waals surface area contributed by atoms with Crippen molar-refractivity contribution in [3.8, 4) is 11.3 Å². The lowest BCUT2D eigenvalue weighted by atomic mass is 10.1. The van der Waals surface area contributed by atoms with Crippen LogP contribution in [0.4, 0.5) is 21.6 Å². The second-order valence-electron chi connectivity index (χ2n) is 7.47. The van der Waals surface area contributed by atoms with Gasteiger partial charge < -0.3 is 15.1 Å². The molecule has 1 aliphatic rings. The smallest absolute Gasteiger partial charge is 0.158 e. The Labute approximate surface area is 176 Å². The number of aryl methyl sites for hydroxylation is 1. The van der Waals surface area contributed by atoms with E-state index in [1.165, 1.54) is 12.3 Å². The van der Waals surface area contributed by atoms with E-state index >= 15 is 0 Å². The highest BCUT2D eigenvalue weighted by molar-refractivity contribution is 5.75. The fourth-order valence-electron chi connectivity index (χ4n) is 3.54. The molecule has 0 saturated carbocycles. The molecule has 0 radical (unpaired) electrons. The van der Waals surface area contributed by atoms with Crippen molar-refractivity contribution in [2.75, 3.05) is 35.3 Å². The van der Waals surface area contributed by atoms with Gasteiger partial charge in [-0.25, -0.2) is 9.37 Å². The number of pyridine rings is 3. The molecule has 6 nitrogen and oxygen atoms in total. The Kier molecular flexibility index (Phi) is 5.61. The number of halogens is 1. The number of nitrogens with one attached hydrogen (secondary N) is 1. The highest BCUT2D eigenvalue weighted by Gasteiger charge is 2.22. The summed E-state index contributed by atoms with van der Waals surface area (Å²) in [5.74, 6) is 1.05. The SMILES string of the molecule is C=C(Nc1cncc(F)c1)N1CCCCN(C)c2ccc(-c3ccc(C)nc3)nc21. The van der Waals surface area contributed by atoms with Gasteiger partial charge in [-0.3, -0.25) is 9.97 Å². The highest BCUT2D eigenvalue weighted by Crippen LogP contribution is 2.34. The van der Waals surface area contributed by atoms with Gasteiger partial charge in [0.15, 0.2) is 5.82 Å². The second kappa shape index (κ2) is 8.49. The van der Waals surface area contributed by atoms with E-state index in [1.54, 1.807) is 6.20 Å². The molecule has 0 spiro atoms. The van der Waals surface area contributed by atoms with E-state index in [0.29, 0.717) is 11.5 Å². The first kappa shape index (κ1) is 19.8. The molecule has 7 heteroatoms. The van der Waals surface area contributed by atoms with Crippen LogP contribution in [0.2, 0.25) is 0 Å². The van der Waals surface area contributed by atoms with E-state index < -0.39 is 5.82 Å². The maximum atomic E-state index is 13.6. The van der Waals surface area contributed by atoms with E-state index in [-0.39, 0.29) is 0 Å². The van der Waals surface area contributed by atoms with Crippen LogP contribution < -0.4 is 15.1 Å². The van der Waals surface area contributed by atoms with Crippen molar-refractivity contribution in [3.05, 3.63) is 72.8 Å². The van der Waals surface area contributed by atoms with E-state index in [1.807, 2.05) is 31.3 Å². The Morgan fingerprint density at radius 2 is 1.93 bits per heavy atom. The zero-order chi connectivity index (χ0) is 21.1. The zero-order valence-electron chi connectivity index (χ0n) is 17.3. The van der Waals surface area contributed by atoms with E-state index in [0.717, 1.165) is 54.4 Å². The van der Waals surface area contributed by atoms with Crippen LogP contribution in [-0.4, -0.2) is 35.1 Å². The second-order valence-corrected chi connectivity index (χ2v) is 7.47. The van der Waals surface area contributed by atoms with Crippen LogP contribution in [0, 0.1) is 12.7 Å². The van der Waals surface area contributed by atoms with Crippen molar-refractivity contribution < 1.29 is 4.39 Å². The predicted octanol–water partition coefficient (Wildman–Crippen LogP) is 4.61. The standard InChI is InChI=1S/C23H25FN6/c1-16-6-7-18(13-26-16)21-8-9-22-23(28-21)30(11-5-4-10-29(22)3)17(2)27-20-12-19(24)14-25-15-20/h6-9,12-15,27H,2,4-5,10-11H2,1,3H3. The van der Waals surface area contributed by atoms with Crippen molar-refractivity contribution in [2.45, 2.75) is 19.8 Å². The Morgan fingerprint density at radius 3 is 2.70 bits per heavy atom. The number of aromatic nitrogens is 3. The normalized spacial score (nSPS) is 14.0. The van der Waals surface area contributed by atoms with Crippen LogP contribution in [0.25, 0.3) is 11.3 Å². The lowest BCUT2D eigenvalue weighted by Crippen LogP contribution is -2.33. The van der Waals surface area contributed by atoms with Crippen LogP contribution >= 0.6 is 0 Å². The topological polar surface area (TPSA) is 57.2 Å². The predicted molar refractivity (Wildman–Crippen MR) is 119 cm³/mol. The summed E-state index contributed by atoms with van der Waals surface area (Å²) < 4.78 is 13.6. The zero-order valence-corrected chi connectivity index (χ0v) is 17.3. The first-order valence-corrected chi connectivity index (χ1v) is 10.0. The molecule has 1 N–H and O–H groups in total. The summed E-state index contributed by atoms with van der Waals surface area (Å²) >= 11 is 0.